The van der Waals surface area contributed by atoms with Crippen LogP contribution in [0.1, 0.15) is 90.4 Å². The highest BCUT2D eigenvalue weighted by molar-refractivity contribution is 5.11. The third-order valence-corrected chi connectivity index (χ3v) is 7.52. The van der Waals surface area contributed by atoms with E-state index in [1.807, 2.05) is 0 Å². The minimum Gasteiger partial charge on any atom is -0.393 e. The highest BCUT2D eigenvalue weighted by Gasteiger charge is 2.56. The molecule has 2 heteroatoms. The molecule has 0 heterocycles. The zero-order valence-corrected chi connectivity index (χ0v) is 15.5. The van der Waals surface area contributed by atoms with Crippen LogP contribution in [-0.2, 0) is 0 Å². The summed E-state index contributed by atoms with van der Waals surface area (Å²) in [6, 6.07) is 0. The van der Waals surface area contributed by atoms with Gasteiger partial charge < -0.3 is 10.4 Å². The van der Waals surface area contributed by atoms with Crippen molar-refractivity contribution in [3.8, 4) is 0 Å². The first-order valence-corrected chi connectivity index (χ1v) is 10.5. The van der Waals surface area contributed by atoms with E-state index in [1.54, 1.807) is 0 Å². The SMILES string of the molecule is CCCCCCCCC(O)CC1(NC)C2CC3CC(C2)CC1C3. The van der Waals surface area contributed by atoms with Crippen LogP contribution in [0.15, 0.2) is 0 Å². The third-order valence-electron chi connectivity index (χ3n) is 7.52. The summed E-state index contributed by atoms with van der Waals surface area (Å²) in [5.74, 6) is 3.69. The Balaban J connectivity index is 1.47. The Morgan fingerprint density at radius 2 is 1.48 bits per heavy atom. The second kappa shape index (κ2) is 7.87. The Labute approximate surface area is 143 Å². The van der Waals surface area contributed by atoms with Crippen molar-refractivity contribution in [3.63, 3.8) is 0 Å². The zero-order chi connectivity index (χ0) is 16.3. The van der Waals surface area contributed by atoms with Crippen molar-refractivity contribution in [1.29, 1.82) is 0 Å². The minimum atomic E-state index is -0.0915. The molecule has 23 heavy (non-hydrogen) atoms. The standard InChI is InChI=1S/C21H39NO/c1-3-4-5-6-7-8-9-20(23)15-21(22-2)18-11-16-10-17(13-18)14-19(21)12-16/h16-20,22-23H,3-15H2,1-2H3. The molecule has 4 aliphatic rings. The number of hydrogen-bond donors (Lipinski definition) is 2. The second-order valence-electron chi connectivity index (χ2n) is 9.01. The van der Waals surface area contributed by atoms with Crippen molar-refractivity contribution in [2.45, 2.75) is 102 Å². The molecule has 1 atom stereocenters. The van der Waals surface area contributed by atoms with Crippen molar-refractivity contribution < 1.29 is 5.11 Å². The van der Waals surface area contributed by atoms with Crippen LogP contribution in [0.4, 0.5) is 0 Å². The number of hydrogen-bond acceptors (Lipinski definition) is 2. The smallest absolute Gasteiger partial charge is 0.0558 e. The molecule has 4 fully saturated rings. The first kappa shape index (κ1) is 17.7. The van der Waals surface area contributed by atoms with E-state index >= 15 is 0 Å². The minimum absolute atomic E-state index is 0.0915. The maximum Gasteiger partial charge on any atom is 0.0558 e. The maximum atomic E-state index is 10.7. The van der Waals surface area contributed by atoms with Crippen LogP contribution in [0.25, 0.3) is 0 Å². The quantitative estimate of drug-likeness (QED) is 0.561. The molecule has 0 saturated heterocycles. The molecule has 0 spiro atoms. The predicted octanol–water partition coefficient (Wildman–Crippen LogP) is 4.90. The van der Waals surface area contributed by atoms with Crippen LogP contribution in [0.5, 0.6) is 0 Å². The average molecular weight is 322 g/mol. The van der Waals surface area contributed by atoms with Crippen molar-refractivity contribution >= 4 is 0 Å². The van der Waals surface area contributed by atoms with Crippen LogP contribution >= 0.6 is 0 Å². The molecule has 4 bridgehead atoms. The predicted molar refractivity (Wildman–Crippen MR) is 97.5 cm³/mol. The number of aliphatic hydroxyl groups excluding tert-OH is 1. The number of aliphatic hydroxyl groups is 1. The number of unbranched alkanes of at least 4 members (excludes halogenated alkanes) is 5. The molecule has 0 amide bonds. The average Bonchev–Trinajstić information content (AvgIpc) is 2.54. The lowest BCUT2D eigenvalue weighted by molar-refractivity contribution is -0.0894. The van der Waals surface area contributed by atoms with Gasteiger partial charge in [0.05, 0.1) is 6.10 Å². The zero-order valence-electron chi connectivity index (χ0n) is 15.5. The summed E-state index contributed by atoms with van der Waals surface area (Å²) in [5, 5.41) is 14.4. The molecule has 0 radical (unpaired) electrons. The van der Waals surface area contributed by atoms with Gasteiger partial charge >= 0.3 is 0 Å². The van der Waals surface area contributed by atoms with Crippen LogP contribution in [0.2, 0.25) is 0 Å². The maximum absolute atomic E-state index is 10.7. The Morgan fingerprint density at radius 1 is 0.913 bits per heavy atom. The van der Waals surface area contributed by atoms with E-state index in [9.17, 15) is 5.11 Å². The first-order chi connectivity index (χ1) is 11.2. The van der Waals surface area contributed by atoms with Crippen molar-refractivity contribution in [2.75, 3.05) is 7.05 Å². The summed E-state index contributed by atoms with van der Waals surface area (Å²) in [4.78, 5) is 0. The molecule has 2 nitrogen and oxygen atoms in total. The van der Waals surface area contributed by atoms with Crippen molar-refractivity contribution in [2.24, 2.45) is 23.7 Å². The van der Waals surface area contributed by atoms with Crippen LogP contribution in [0, 0.1) is 23.7 Å². The molecule has 1 unspecified atom stereocenters. The number of rotatable bonds is 10. The molecule has 134 valence electrons. The lowest BCUT2D eigenvalue weighted by atomic mass is 9.47. The molecular weight excluding hydrogens is 282 g/mol. The molecular formula is C21H39NO. The molecule has 4 aliphatic carbocycles. The fraction of sp³-hybridized carbons (Fsp3) is 1.00. The van der Waals surface area contributed by atoms with Gasteiger partial charge in [0.25, 0.3) is 0 Å². The largest absolute Gasteiger partial charge is 0.393 e. The van der Waals surface area contributed by atoms with Gasteiger partial charge in [0.2, 0.25) is 0 Å². The van der Waals surface area contributed by atoms with E-state index in [0.29, 0.717) is 0 Å². The molecule has 0 aromatic heterocycles. The summed E-state index contributed by atoms with van der Waals surface area (Å²) in [7, 11) is 2.17. The number of nitrogens with one attached hydrogen (secondary N) is 1. The van der Waals surface area contributed by atoms with Gasteiger partial charge in [0.15, 0.2) is 0 Å². The summed E-state index contributed by atoms with van der Waals surface area (Å²) >= 11 is 0. The molecule has 4 saturated carbocycles. The summed E-state index contributed by atoms with van der Waals surface area (Å²) in [6.07, 6.45) is 17.1. The van der Waals surface area contributed by atoms with E-state index in [1.165, 1.54) is 70.6 Å². The van der Waals surface area contributed by atoms with Gasteiger partial charge in [-0.2, -0.15) is 0 Å². The van der Waals surface area contributed by atoms with Crippen LogP contribution in [-0.4, -0.2) is 23.8 Å². The summed E-state index contributed by atoms with van der Waals surface area (Å²) in [6.45, 7) is 2.27. The van der Waals surface area contributed by atoms with Crippen molar-refractivity contribution in [1.82, 2.24) is 5.32 Å². The van der Waals surface area contributed by atoms with Gasteiger partial charge in [-0.1, -0.05) is 45.4 Å². The second-order valence-corrected chi connectivity index (χ2v) is 9.01. The molecule has 0 aromatic rings. The van der Waals surface area contributed by atoms with Crippen molar-refractivity contribution in [3.05, 3.63) is 0 Å². The molecule has 2 N–H and O–H groups in total. The van der Waals surface area contributed by atoms with Crippen LogP contribution in [0.3, 0.4) is 0 Å². The van der Waals surface area contributed by atoms with Gasteiger partial charge in [-0.15, -0.1) is 0 Å². The first-order valence-electron chi connectivity index (χ1n) is 10.5. The molecule has 0 aliphatic heterocycles. The topological polar surface area (TPSA) is 32.3 Å². The lowest BCUT2D eigenvalue weighted by Gasteiger charge is -2.62. The molecule has 0 aromatic carbocycles. The highest BCUT2D eigenvalue weighted by atomic mass is 16.3. The van der Waals surface area contributed by atoms with E-state index < -0.39 is 0 Å². The summed E-state index contributed by atoms with van der Waals surface area (Å²) < 4.78 is 0. The normalized spacial score (nSPS) is 39.8. The van der Waals surface area contributed by atoms with Gasteiger partial charge in [-0.05, 0) is 75.7 Å². The van der Waals surface area contributed by atoms with Gasteiger partial charge in [0.1, 0.15) is 0 Å². The molecule has 4 rings (SSSR count). The third kappa shape index (κ3) is 3.79. The Bertz CT molecular complexity index is 339. The fourth-order valence-electron chi connectivity index (χ4n) is 6.52. The Hall–Kier alpha value is -0.0800. The van der Waals surface area contributed by atoms with Crippen LogP contribution < -0.4 is 5.32 Å². The Morgan fingerprint density at radius 3 is 2.04 bits per heavy atom. The van der Waals surface area contributed by atoms with Gasteiger partial charge in [0, 0.05) is 5.54 Å². The monoisotopic (exact) mass is 321 g/mol. The van der Waals surface area contributed by atoms with Gasteiger partial charge in [-0.3, -0.25) is 0 Å². The van der Waals surface area contributed by atoms with E-state index in [-0.39, 0.29) is 11.6 Å². The fourth-order valence-corrected chi connectivity index (χ4v) is 6.52. The van der Waals surface area contributed by atoms with E-state index in [0.717, 1.165) is 36.5 Å². The lowest BCUT2D eigenvalue weighted by Crippen LogP contribution is -2.65. The Kier molecular flexibility index (Phi) is 6.07. The van der Waals surface area contributed by atoms with E-state index in [4.69, 9.17) is 0 Å². The summed E-state index contributed by atoms with van der Waals surface area (Å²) in [5.41, 5.74) is 0.259. The van der Waals surface area contributed by atoms with Gasteiger partial charge in [-0.25, -0.2) is 0 Å². The highest BCUT2D eigenvalue weighted by Crippen LogP contribution is 2.59. The van der Waals surface area contributed by atoms with E-state index in [2.05, 4.69) is 19.3 Å².